The van der Waals surface area contributed by atoms with Gasteiger partial charge in [0.25, 0.3) is 5.69 Å². The molecule has 1 aliphatic rings. The Labute approximate surface area is 117 Å². The lowest BCUT2D eigenvalue weighted by molar-refractivity contribution is -0.384. The van der Waals surface area contributed by atoms with E-state index in [0.29, 0.717) is 6.54 Å². The van der Waals surface area contributed by atoms with Gasteiger partial charge in [0.05, 0.1) is 9.82 Å². The molecule has 1 aromatic carbocycles. The highest BCUT2D eigenvalue weighted by Crippen LogP contribution is 2.36. The van der Waals surface area contributed by atoms with Crippen molar-refractivity contribution in [3.63, 3.8) is 0 Å². The zero-order valence-corrected chi connectivity index (χ0v) is 12.2. The lowest BCUT2D eigenvalue weighted by atomic mass is 10.2. The second kappa shape index (κ2) is 5.02. The molecule has 0 bridgehead atoms. The van der Waals surface area contributed by atoms with Gasteiger partial charge in [-0.05, 0) is 38.8 Å². The van der Waals surface area contributed by atoms with Crippen LogP contribution in [0.2, 0.25) is 0 Å². The van der Waals surface area contributed by atoms with Crippen molar-refractivity contribution in [2.75, 3.05) is 11.9 Å². The summed E-state index contributed by atoms with van der Waals surface area (Å²) in [5, 5.41) is 13.7. The third-order valence-corrected chi connectivity index (χ3v) is 4.86. The van der Waals surface area contributed by atoms with Crippen molar-refractivity contribution < 1.29 is 13.3 Å². The number of nitrogens with zero attached hydrogens (tertiary/aromatic N) is 1. The maximum absolute atomic E-state index is 12.2. The minimum atomic E-state index is -3.65. The summed E-state index contributed by atoms with van der Waals surface area (Å²) in [5.74, 6) is 0. The Morgan fingerprint density at radius 2 is 2.05 bits per heavy atom. The molecule has 2 N–H and O–H groups in total. The lowest BCUT2D eigenvalue weighted by Crippen LogP contribution is -2.34. The Bertz CT molecular complexity index is 638. The van der Waals surface area contributed by atoms with E-state index in [0.717, 1.165) is 12.8 Å². The van der Waals surface area contributed by atoms with Gasteiger partial charge in [-0.1, -0.05) is 0 Å². The Balaban J connectivity index is 2.37. The largest absolute Gasteiger partial charge is 0.380 e. The van der Waals surface area contributed by atoms with Crippen LogP contribution in [0.1, 0.15) is 26.7 Å². The summed E-state index contributed by atoms with van der Waals surface area (Å²) in [7, 11) is -3.65. The average molecular weight is 299 g/mol. The Morgan fingerprint density at radius 1 is 1.40 bits per heavy atom. The van der Waals surface area contributed by atoms with Crippen LogP contribution in [0.15, 0.2) is 23.1 Å². The second-order valence-electron chi connectivity index (χ2n) is 5.13. The first-order valence-electron chi connectivity index (χ1n) is 6.34. The van der Waals surface area contributed by atoms with Crippen LogP contribution in [0.25, 0.3) is 0 Å². The topological polar surface area (TPSA) is 101 Å². The summed E-state index contributed by atoms with van der Waals surface area (Å²) in [6, 6.07) is 3.77. The number of nitro benzene ring substituents is 1. The molecule has 1 aliphatic carbocycles. The summed E-state index contributed by atoms with van der Waals surface area (Å²) in [6.07, 6.45) is 1.61. The number of sulfonamides is 1. The first-order chi connectivity index (χ1) is 9.27. The van der Waals surface area contributed by atoms with Crippen LogP contribution < -0.4 is 10.0 Å². The molecular formula is C12H17N3O4S. The molecule has 1 saturated carbocycles. The fourth-order valence-corrected chi connectivity index (χ4v) is 3.34. The zero-order chi connectivity index (χ0) is 15.0. The highest BCUT2D eigenvalue weighted by Gasteiger charge is 2.41. The van der Waals surface area contributed by atoms with Gasteiger partial charge in [-0.2, -0.15) is 0 Å². The van der Waals surface area contributed by atoms with Gasteiger partial charge in [-0.3, -0.25) is 10.1 Å². The highest BCUT2D eigenvalue weighted by molar-refractivity contribution is 7.89. The molecule has 110 valence electrons. The smallest absolute Gasteiger partial charge is 0.292 e. The van der Waals surface area contributed by atoms with Gasteiger partial charge in [0.15, 0.2) is 0 Å². The number of nitrogens with one attached hydrogen (secondary N) is 2. The molecule has 20 heavy (non-hydrogen) atoms. The van der Waals surface area contributed by atoms with Crippen molar-refractivity contribution >= 4 is 21.4 Å². The third-order valence-electron chi connectivity index (χ3n) is 3.22. The molecule has 7 nitrogen and oxygen atoms in total. The first kappa shape index (κ1) is 14.7. The molecule has 1 fully saturated rings. The SMILES string of the molecule is CCNc1cc(S(=O)(=O)NC2(C)CC2)ccc1[N+](=O)[O-]. The van der Waals surface area contributed by atoms with Crippen LogP contribution in [-0.2, 0) is 10.0 Å². The standard InChI is InChI=1S/C12H17N3O4S/c1-3-13-10-8-9(4-5-11(10)15(16)17)20(18,19)14-12(2)6-7-12/h4-5,8,13-14H,3,6-7H2,1-2H3. The summed E-state index contributed by atoms with van der Waals surface area (Å²) in [4.78, 5) is 10.4. The third kappa shape index (κ3) is 3.07. The second-order valence-corrected chi connectivity index (χ2v) is 6.81. The van der Waals surface area contributed by atoms with Crippen LogP contribution in [0, 0.1) is 10.1 Å². The summed E-state index contributed by atoms with van der Waals surface area (Å²) < 4.78 is 27.0. The maximum atomic E-state index is 12.2. The van der Waals surface area contributed by atoms with Crippen LogP contribution in [0.5, 0.6) is 0 Å². The zero-order valence-electron chi connectivity index (χ0n) is 11.3. The lowest BCUT2D eigenvalue weighted by Gasteiger charge is -2.13. The van der Waals surface area contributed by atoms with E-state index in [9.17, 15) is 18.5 Å². The monoisotopic (exact) mass is 299 g/mol. The molecule has 0 spiro atoms. The molecule has 0 aliphatic heterocycles. The molecule has 0 heterocycles. The van der Waals surface area contributed by atoms with Crippen LogP contribution in [-0.4, -0.2) is 25.4 Å². The molecule has 2 rings (SSSR count). The van der Waals surface area contributed by atoms with E-state index in [1.165, 1.54) is 18.2 Å². The number of rotatable bonds is 6. The van der Waals surface area contributed by atoms with Crippen LogP contribution in [0.4, 0.5) is 11.4 Å². The highest BCUT2D eigenvalue weighted by atomic mass is 32.2. The van der Waals surface area contributed by atoms with E-state index < -0.39 is 14.9 Å². The maximum Gasteiger partial charge on any atom is 0.292 e. The van der Waals surface area contributed by atoms with Crippen molar-refractivity contribution in [2.45, 2.75) is 37.1 Å². The van der Waals surface area contributed by atoms with Gasteiger partial charge in [-0.25, -0.2) is 13.1 Å². The predicted molar refractivity (Wildman–Crippen MR) is 75.2 cm³/mol. The molecule has 0 radical (unpaired) electrons. The minimum absolute atomic E-state index is 0.0344. The van der Waals surface area contributed by atoms with Gasteiger partial charge < -0.3 is 5.32 Å². The molecule has 8 heteroatoms. The Hall–Kier alpha value is -1.67. The van der Waals surface area contributed by atoms with E-state index in [-0.39, 0.29) is 21.8 Å². The van der Waals surface area contributed by atoms with Gasteiger partial charge in [0, 0.05) is 18.2 Å². The molecule has 0 atom stereocenters. The van der Waals surface area contributed by atoms with E-state index in [4.69, 9.17) is 0 Å². The molecule has 0 unspecified atom stereocenters. The summed E-state index contributed by atoms with van der Waals surface area (Å²) in [5.41, 5.74) is -0.302. The number of nitro groups is 1. The Kier molecular flexibility index (Phi) is 3.70. The van der Waals surface area contributed by atoms with Crippen molar-refractivity contribution in [3.8, 4) is 0 Å². The average Bonchev–Trinajstić information content (AvgIpc) is 3.05. The molecule has 1 aromatic rings. The van der Waals surface area contributed by atoms with Gasteiger partial charge in [0.1, 0.15) is 5.69 Å². The summed E-state index contributed by atoms with van der Waals surface area (Å²) >= 11 is 0. The summed E-state index contributed by atoms with van der Waals surface area (Å²) in [6.45, 7) is 4.09. The van der Waals surface area contributed by atoms with Gasteiger partial charge >= 0.3 is 0 Å². The van der Waals surface area contributed by atoms with Crippen LogP contribution >= 0.6 is 0 Å². The number of hydrogen-bond donors (Lipinski definition) is 2. The minimum Gasteiger partial charge on any atom is -0.380 e. The molecule has 0 amide bonds. The quantitative estimate of drug-likeness (QED) is 0.616. The van der Waals surface area contributed by atoms with Gasteiger partial charge in [0.2, 0.25) is 10.0 Å². The molecule has 0 aromatic heterocycles. The van der Waals surface area contributed by atoms with Gasteiger partial charge in [-0.15, -0.1) is 0 Å². The normalized spacial score (nSPS) is 16.7. The Morgan fingerprint density at radius 3 is 2.55 bits per heavy atom. The van der Waals surface area contributed by atoms with Crippen molar-refractivity contribution in [3.05, 3.63) is 28.3 Å². The van der Waals surface area contributed by atoms with E-state index in [1.807, 2.05) is 6.92 Å². The fraction of sp³-hybridized carbons (Fsp3) is 0.500. The fourth-order valence-electron chi connectivity index (χ4n) is 1.85. The number of anilines is 1. The molecule has 0 saturated heterocycles. The predicted octanol–water partition coefficient (Wildman–Crippen LogP) is 1.86. The van der Waals surface area contributed by atoms with E-state index in [2.05, 4.69) is 10.0 Å². The molecular weight excluding hydrogens is 282 g/mol. The van der Waals surface area contributed by atoms with Crippen molar-refractivity contribution in [1.29, 1.82) is 0 Å². The van der Waals surface area contributed by atoms with E-state index >= 15 is 0 Å². The number of benzene rings is 1. The first-order valence-corrected chi connectivity index (χ1v) is 7.82. The number of hydrogen-bond acceptors (Lipinski definition) is 5. The van der Waals surface area contributed by atoms with E-state index in [1.54, 1.807) is 6.92 Å². The van der Waals surface area contributed by atoms with Crippen LogP contribution in [0.3, 0.4) is 0 Å². The van der Waals surface area contributed by atoms with Crippen molar-refractivity contribution in [1.82, 2.24) is 4.72 Å². The van der Waals surface area contributed by atoms with Crippen molar-refractivity contribution in [2.24, 2.45) is 0 Å².